The number of aromatic nitrogens is 8. The monoisotopic (exact) mass is 432 g/mol. The van der Waals surface area contributed by atoms with E-state index in [1.807, 2.05) is 35.2 Å². The van der Waals surface area contributed by atoms with Crippen LogP contribution in [0.15, 0.2) is 54.9 Å². The van der Waals surface area contributed by atoms with Gasteiger partial charge < -0.3 is 9.13 Å². The lowest BCUT2D eigenvalue weighted by Gasteiger charge is -2.11. The normalized spacial score (nSPS) is 11.4. The minimum absolute atomic E-state index is 0.493. The van der Waals surface area contributed by atoms with Crippen molar-refractivity contribution in [2.45, 2.75) is 32.7 Å². The van der Waals surface area contributed by atoms with Crippen molar-refractivity contribution >= 4 is 22.8 Å². The summed E-state index contributed by atoms with van der Waals surface area (Å²) in [7, 11) is 0. The summed E-state index contributed by atoms with van der Waals surface area (Å²) in [5.41, 5.74) is 4.78. The lowest BCUT2D eigenvalue weighted by Crippen LogP contribution is -2.06. The Kier molecular flexibility index (Phi) is 5.21. The first-order valence-electron chi connectivity index (χ1n) is 10.2. The number of rotatable bonds is 7. The first-order chi connectivity index (χ1) is 15.2. The number of benzene rings is 1. The smallest absolute Gasteiger partial charge is 0.221 e. The maximum Gasteiger partial charge on any atom is 0.221 e. The van der Waals surface area contributed by atoms with Crippen LogP contribution in [0.2, 0.25) is 5.02 Å². The Balaban J connectivity index is 1.46. The zero-order chi connectivity index (χ0) is 21.2. The van der Waals surface area contributed by atoms with E-state index < -0.39 is 0 Å². The Morgan fingerprint density at radius 2 is 2.00 bits per heavy atom. The highest BCUT2D eigenvalue weighted by molar-refractivity contribution is 6.30. The third-order valence-electron chi connectivity index (χ3n) is 5.25. The zero-order valence-corrected chi connectivity index (χ0v) is 17.8. The zero-order valence-electron chi connectivity index (χ0n) is 17.0. The van der Waals surface area contributed by atoms with Crippen LogP contribution >= 0.6 is 11.6 Å². The van der Waals surface area contributed by atoms with Crippen LogP contribution in [-0.4, -0.2) is 39.7 Å². The molecular formula is C22H21ClN8. The highest BCUT2D eigenvalue weighted by Crippen LogP contribution is 2.26. The Morgan fingerprint density at radius 1 is 1.13 bits per heavy atom. The Hall–Kier alpha value is -3.52. The summed E-state index contributed by atoms with van der Waals surface area (Å²) in [4.78, 5) is 9.39. The highest BCUT2D eigenvalue weighted by atomic mass is 35.5. The third kappa shape index (κ3) is 3.82. The number of nitrogens with zero attached hydrogens (tertiary/aromatic N) is 7. The van der Waals surface area contributed by atoms with Crippen LogP contribution < -0.4 is 0 Å². The molecule has 0 spiro atoms. The predicted molar refractivity (Wildman–Crippen MR) is 119 cm³/mol. The molecule has 8 nitrogen and oxygen atoms in total. The number of H-pyrrole nitrogens is 1. The van der Waals surface area contributed by atoms with E-state index in [1.54, 1.807) is 0 Å². The molecule has 1 N–H and O–H groups in total. The molecule has 0 atom stereocenters. The molecule has 0 aliphatic heterocycles. The second-order valence-corrected chi connectivity index (χ2v) is 7.82. The van der Waals surface area contributed by atoms with E-state index >= 15 is 0 Å². The van der Waals surface area contributed by atoms with Gasteiger partial charge in [0, 0.05) is 24.5 Å². The molecule has 1 aromatic carbocycles. The molecule has 5 aromatic rings. The van der Waals surface area contributed by atoms with Crippen molar-refractivity contribution < 1.29 is 0 Å². The van der Waals surface area contributed by atoms with Gasteiger partial charge in [0.15, 0.2) is 5.65 Å². The Morgan fingerprint density at radius 3 is 2.77 bits per heavy atom. The van der Waals surface area contributed by atoms with E-state index in [0.29, 0.717) is 10.8 Å². The molecule has 0 saturated carbocycles. The van der Waals surface area contributed by atoms with Gasteiger partial charge in [0.2, 0.25) is 5.82 Å². The minimum Gasteiger partial charge on any atom is -0.312 e. The van der Waals surface area contributed by atoms with E-state index in [9.17, 15) is 0 Å². The lowest BCUT2D eigenvalue weighted by atomic mass is 10.2. The minimum atomic E-state index is 0.493. The molecule has 156 valence electrons. The molecule has 0 aliphatic rings. The van der Waals surface area contributed by atoms with Crippen molar-refractivity contribution in [2.24, 2.45) is 0 Å². The summed E-state index contributed by atoms with van der Waals surface area (Å²) in [5, 5.41) is 14.9. The number of hydrogen-bond acceptors (Lipinski definition) is 5. The quantitative estimate of drug-likeness (QED) is 0.410. The van der Waals surface area contributed by atoms with Crippen LogP contribution in [0.1, 0.15) is 31.2 Å². The van der Waals surface area contributed by atoms with Crippen LogP contribution in [0.3, 0.4) is 0 Å². The summed E-state index contributed by atoms with van der Waals surface area (Å²) < 4.78 is 4.18. The number of hydrogen-bond donors (Lipinski definition) is 1. The summed E-state index contributed by atoms with van der Waals surface area (Å²) >= 11 is 6.25. The fourth-order valence-corrected chi connectivity index (χ4v) is 3.93. The molecule has 9 heteroatoms. The molecule has 0 saturated heterocycles. The van der Waals surface area contributed by atoms with Crippen LogP contribution in [0.25, 0.3) is 28.4 Å². The van der Waals surface area contributed by atoms with Crippen LogP contribution in [0.5, 0.6) is 0 Å². The van der Waals surface area contributed by atoms with Crippen molar-refractivity contribution in [3.05, 3.63) is 71.3 Å². The summed E-state index contributed by atoms with van der Waals surface area (Å²) in [5.74, 6) is 1.57. The number of fused-ring (bicyclic) bond motifs is 1. The van der Waals surface area contributed by atoms with E-state index in [-0.39, 0.29) is 0 Å². The van der Waals surface area contributed by atoms with Gasteiger partial charge in [-0.05, 0) is 47.5 Å². The molecule has 0 bridgehead atoms. The summed E-state index contributed by atoms with van der Waals surface area (Å²) in [6.45, 7) is 2.91. The van der Waals surface area contributed by atoms with Gasteiger partial charge in [-0.25, -0.2) is 9.97 Å². The average Bonchev–Trinajstić information content (AvgIpc) is 3.52. The molecular weight excluding hydrogens is 412 g/mol. The summed E-state index contributed by atoms with van der Waals surface area (Å²) in [6, 6.07) is 14.1. The van der Waals surface area contributed by atoms with Gasteiger partial charge in [-0.15, -0.1) is 10.2 Å². The topological polar surface area (TPSA) is 90.1 Å². The number of aryl methyl sites for hydroxylation is 1. The first kappa shape index (κ1) is 19.4. The van der Waals surface area contributed by atoms with Gasteiger partial charge in [0.25, 0.3) is 0 Å². The number of aromatic amines is 1. The highest BCUT2D eigenvalue weighted by Gasteiger charge is 2.14. The third-order valence-corrected chi connectivity index (χ3v) is 5.46. The molecule has 0 fully saturated rings. The van der Waals surface area contributed by atoms with Crippen LogP contribution in [0.4, 0.5) is 0 Å². The first-order valence-corrected chi connectivity index (χ1v) is 10.6. The largest absolute Gasteiger partial charge is 0.312 e. The second kappa shape index (κ2) is 8.31. The summed E-state index contributed by atoms with van der Waals surface area (Å²) in [6.07, 6.45) is 6.85. The molecule has 4 heterocycles. The van der Waals surface area contributed by atoms with Gasteiger partial charge in [-0.1, -0.05) is 37.1 Å². The van der Waals surface area contributed by atoms with Gasteiger partial charge in [-0.2, -0.15) is 5.21 Å². The van der Waals surface area contributed by atoms with Crippen LogP contribution in [-0.2, 0) is 13.0 Å². The van der Waals surface area contributed by atoms with Gasteiger partial charge in [0.1, 0.15) is 11.3 Å². The molecule has 0 aliphatic carbocycles. The van der Waals surface area contributed by atoms with E-state index in [2.05, 4.69) is 61.4 Å². The molecule has 31 heavy (non-hydrogen) atoms. The van der Waals surface area contributed by atoms with Crippen LogP contribution in [0, 0.1) is 0 Å². The van der Waals surface area contributed by atoms with Crippen molar-refractivity contribution in [1.82, 2.24) is 39.7 Å². The van der Waals surface area contributed by atoms with Crippen molar-refractivity contribution in [2.75, 3.05) is 0 Å². The lowest BCUT2D eigenvalue weighted by molar-refractivity contribution is 0.686. The van der Waals surface area contributed by atoms with Crippen molar-refractivity contribution in [3.8, 4) is 17.2 Å². The van der Waals surface area contributed by atoms with Crippen molar-refractivity contribution in [1.29, 1.82) is 0 Å². The van der Waals surface area contributed by atoms with E-state index in [4.69, 9.17) is 16.6 Å². The van der Waals surface area contributed by atoms with Gasteiger partial charge in [-0.3, -0.25) is 0 Å². The maximum atomic E-state index is 6.25. The fraction of sp³-hybridized carbons (Fsp3) is 0.227. The predicted octanol–water partition coefficient (Wildman–Crippen LogP) is 4.45. The molecule has 0 unspecified atom stereocenters. The Labute approximate surface area is 183 Å². The number of imidazole rings is 1. The fourth-order valence-electron chi connectivity index (χ4n) is 3.73. The molecule has 5 rings (SSSR count). The number of halogens is 1. The number of pyridine rings is 1. The van der Waals surface area contributed by atoms with Gasteiger partial charge >= 0.3 is 0 Å². The van der Waals surface area contributed by atoms with E-state index in [0.717, 1.165) is 54.2 Å². The maximum absolute atomic E-state index is 6.25. The number of nitrogens with one attached hydrogen (secondary N) is 1. The number of tetrazole rings is 1. The SMILES string of the molecule is CCCCc1nc2cccnc2n1Cc1ccc(-n2cc(Cl)cc2-c2nn[nH]n2)cc1. The molecule has 0 radical (unpaired) electrons. The average molecular weight is 433 g/mol. The molecule has 4 aromatic heterocycles. The standard InChI is InChI=1S/C22H21ClN8/c1-2-3-6-20-25-18-5-4-11-24-22(18)31(20)13-15-7-9-17(10-8-15)30-14-16(23)12-19(30)21-26-28-29-27-21/h4-5,7-12,14H,2-3,6,13H2,1H3,(H,26,27,28,29). The molecule has 0 amide bonds. The van der Waals surface area contributed by atoms with Crippen molar-refractivity contribution in [3.63, 3.8) is 0 Å². The second-order valence-electron chi connectivity index (χ2n) is 7.38. The van der Waals surface area contributed by atoms with Gasteiger partial charge in [0.05, 0.1) is 17.3 Å². The Bertz CT molecular complexity index is 1300. The number of unbranched alkanes of at least 4 members (excludes halogenated alkanes) is 1. The van der Waals surface area contributed by atoms with E-state index in [1.165, 1.54) is 5.56 Å².